The third-order valence-corrected chi connectivity index (χ3v) is 6.11. The summed E-state index contributed by atoms with van der Waals surface area (Å²) < 4.78 is 26.6. The Hall–Kier alpha value is -1.67. The summed E-state index contributed by atoms with van der Waals surface area (Å²) in [4.78, 5) is 15.6. The number of sulfonamides is 1. The Kier molecular flexibility index (Phi) is 5.59. The number of carbonyl (C=O) groups is 1. The second-order valence-corrected chi connectivity index (χ2v) is 7.77. The molecule has 0 amide bonds. The molecule has 128 valence electrons. The van der Waals surface area contributed by atoms with E-state index in [1.165, 1.54) is 22.6 Å². The predicted octanol–water partition coefficient (Wildman–Crippen LogP) is 1.78. The molecular weight excluding hydrogens is 318 g/mol. The molecule has 0 radical (unpaired) electrons. The zero-order valence-corrected chi connectivity index (χ0v) is 14.2. The van der Waals surface area contributed by atoms with E-state index in [0.29, 0.717) is 19.5 Å². The highest BCUT2D eigenvalue weighted by Crippen LogP contribution is 2.23. The smallest absolute Gasteiger partial charge is 0.326 e. The maximum Gasteiger partial charge on any atom is 0.326 e. The zero-order valence-electron chi connectivity index (χ0n) is 13.4. The van der Waals surface area contributed by atoms with E-state index in [0.717, 1.165) is 12.8 Å². The number of hydrogen-bond donors (Lipinski definition) is 2. The van der Waals surface area contributed by atoms with Gasteiger partial charge in [0.2, 0.25) is 10.0 Å². The molecule has 1 aromatic rings. The van der Waals surface area contributed by atoms with Gasteiger partial charge in [-0.3, -0.25) is 0 Å². The Morgan fingerprint density at radius 1 is 1.43 bits per heavy atom. The van der Waals surface area contributed by atoms with E-state index >= 15 is 0 Å². The van der Waals surface area contributed by atoms with Crippen LogP contribution in [0.25, 0.3) is 0 Å². The molecule has 2 N–H and O–H groups in total. The standard InChI is InChI=1S/C15H23N3O4S/c1-3-11(2)14(15(19)20)17-13-10-12(6-7-16-13)23(21,22)18-8-4-5-9-18/h6-7,10-11,14H,3-5,8-9H2,1-2H3,(H,16,17)(H,19,20)/t11-,14-/m0/s1. The molecule has 1 saturated heterocycles. The SMILES string of the molecule is CC[C@H](C)[C@H](Nc1cc(S(=O)(=O)N2CCCC2)ccn1)C(=O)O. The van der Waals surface area contributed by atoms with Gasteiger partial charge in [-0.15, -0.1) is 0 Å². The van der Waals surface area contributed by atoms with E-state index in [4.69, 9.17) is 0 Å². The minimum atomic E-state index is -3.54. The molecule has 0 aromatic carbocycles. The van der Waals surface area contributed by atoms with E-state index in [1.54, 1.807) is 0 Å². The summed E-state index contributed by atoms with van der Waals surface area (Å²) in [6, 6.07) is 2.04. The van der Waals surface area contributed by atoms with Gasteiger partial charge in [0.25, 0.3) is 0 Å². The van der Waals surface area contributed by atoms with E-state index in [2.05, 4.69) is 10.3 Å². The molecule has 1 aliphatic heterocycles. The molecule has 0 unspecified atom stereocenters. The highest BCUT2D eigenvalue weighted by Gasteiger charge is 2.28. The van der Waals surface area contributed by atoms with Crippen molar-refractivity contribution in [2.24, 2.45) is 5.92 Å². The molecule has 8 heteroatoms. The minimum Gasteiger partial charge on any atom is -0.480 e. The number of anilines is 1. The number of rotatable bonds is 7. The van der Waals surface area contributed by atoms with Gasteiger partial charge in [-0.1, -0.05) is 20.3 Å². The quantitative estimate of drug-likeness (QED) is 0.784. The number of hydrogen-bond acceptors (Lipinski definition) is 5. The maximum absolute atomic E-state index is 12.6. The molecule has 0 saturated carbocycles. The fraction of sp³-hybridized carbons (Fsp3) is 0.600. The van der Waals surface area contributed by atoms with Crippen molar-refractivity contribution in [1.29, 1.82) is 0 Å². The van der Waals surface area contributed by atoms with E-state index < -0.39 is 22.0 Å². The van der Waals surface area contributed by atoms with Crippen LogP contribution < -0.4 is 5.32 Å². The molecule has 2 rings (SSSR count). The Labute approximate surface area is 136 Å². The van der Waals surface area contributed by atoms with E-state index in [9.17, 15) is 18.3 Å². The van der Waals surface area contributed by atoms with Crippen LogP contribution in [-0.4, -0.2) is 47.9 Å². The molecular formula is C15H23N3O4S. The number of aromatic nitrogens is 1. The summed E-state index contributed by atoms with van der Waals surface area (Å²) >= 11 is 0. The average molecular weight is 341 g/mol. The monoisotopic (exact) mass is 341 g/mol. The number of aliphatic carboxylic acids is 1. The first-order valence-corrected chi connectivity index (χ1v) is 9.25. The van der Waals surface area contributed by atoms with Crippen LogP contribution in [-0.2, 0) is 14.8 Å². The van der Waals surface area contributed by atoms with Crippen molar-refractivity contribution in [2.75, 3.05) is 18.4 Å². The van der Waals surface area contributed by atoms with Gasteiger partial charge in [-0.05, 0) is 24.8 Å². The topological polar surface area (TPSA) is 99.6 Å². The van der Waals surface area contributed by atoms with Crippen molar-refractivity contribution in [1.82, 2.24) is 9.29 Å². The average Bonchev–Trinajstić information content (AvgIpc) is 3.07. The van der Waals surface area contributed by atoms with E-state index in [1.807, 2.05) is 13.8 Å². The lowest BCUT2D eigenvalue weighted by molar-refractivity contribution is -0.139. The summed E-state index contributed by atoms with van der Waals surface area (Å²) in [5, 5.41) is 12.2. The van der Waals surface area contributed by atoms with Gasteiger partial charge in [0.15, 0.2) is 0 Å². The molecule has 0 bridgehead atoms. The summed E-state index contributed by atoms with van der Waals surface area (Å²) in [6.07, 6.45) is 3.81. The zero-order chi connectivity index (χ0) is 17.0. The number of pyridine rings is 1. The fourth-order valence-corrected chi connectivity index (χ4v) is 4.10. The fourth-order valence-electron chi connectivity index (χ4n) is 2.57. The Balaban J connectivity index is 2.24. The van der Waals surface area contributed by atoms with Crippen molar-refractivity contribution >= 4 is 21.8 Å². The van der Waals surface area contributed by atoms with Crippen LogP contribution in [0, 0.1) is 5.92 Å². The Bertz CT molecular complexity index is 656. The van der Waals surface area contributed by atoms with Crippen molar-refractivity contribution in [3.05, 3.63) is 18.3 Å². The first-order valence-electron chi connectivity index (χ1n) is 7.81. The van der Waals surface area contributed by atoms with Gasteiger partial charge < -0.3 is 10.4 Å². The lowest BCUT2D eigenvalue weighted by Gasteiger charge is -2.21. The van der Waals surface area contributed by atoms with Gasteiger partial charge in [0.1, 0.15) is 11.9 Å². The second kappa shape index (κ2) is 7.27. The lowest BCUT2D eigenvalue weighted by atomic mass is 9.99. The van der Waals surface area contributed by atoms with Crippen molar-refractivity contribution in [3.63, 3.8) is 0 Å². The molecule has 23 heavy (non-hydrogen) atoms. The van der Waals surface area contributed by atoms with Gasteiger partial charge in [-0.2, -0.15) is 4.31 Å². The lowest BCUT2D eigenvalue weighted by Crippen LogP contribution is -2.35. The minimum absolute atomic E-state index is 0.104. The predicted molar refractivity (Wildman–Crippen MR) is 86.7 cm³/mol. The summed E-state index contributed by atoms with van der Waals surface area (Å²) in [5.41, 5.74) is 0. The Morgan fingerprint density at radius 2 is 2.09 bits per heavy atom. The van der Waals surface area contributed by atoms with Crippen LogP contribution in [0.4, 0.5) is 5.82 Å². The number of carboxylic acid groups (broad SMARTS) is 1. The highest BCUT2D eigenvalue weighted by atomic mass is 32.2. The summed E-state index contributed by atoms with van der Waals surface area (Å²) in [6.45, 7) is 4.79. The van der Waals surface area contributed by atoms with Crippen molar-refractivity contribution < 1.29 is 18.3 Å². The van der Waals surface area contributed by atoms with Gasteiger partial charge in [0, 0.05) is 25.4 Å². The first-order chi connectivity index (χ1) is 10.9. The molecule has 1 fully saturated rings. The number of carboxylic acids is 1. The molecule has 1 aromatic heterocycles. The highest BCUT2D eigenvalue weighted by molar-refractivity contribution is 7.89. The first kappa shape index (κ1) is 17.7. The third kappa shape index (κ3) is 4.00. The Morgan fingerprint density at radius 3 is 2.65 bits per heavy atom. The van der Waals surface area contributed by atoms with Crippen LogP contribution in [0.1, 0.15) is 33.1 Å². The van der Waals surface area contributed by atoms with Gasteiger partial charge in [0.05, 0.1) is 4.90 Å². The van der Waals surface area contributed by atoms with Crippen LogP contribution in [0.15, 0.2) is 23.2 Å². The molecule has 2 heterocycles. The van der Waals surface area contributed by atoms with Crippen molar-refractivity contribution in [2.45, 2.75) is 44.0 Å². The number of nitrogens with zero attached hydrogens (tertiary/aromatic N) is 2. The molecule has 0 spiro atoms. The van der Waals surface area contributed by atoms with Gasteiger partial charge >= 0.3 is 5.97 Å². The molecule has 1 aliphatic rings. The van der Waals surface area contributed by atoms with Crippen LogP contribution in [0.2, 0.25) is 0 Å². The molecule has 2 atom stereocenters. The normalized spacial score (nSPS) is 18.5. The maximum atomic E-state index is 12.6. The summed E-state index contributed by atoms with van der Waals surface area (Å²) in [7, 11) is -3.54. The van der Waals surface area contributed by atoms with E-state index in [-0.39, 0.29) is 16.6 Å². The third-order valence-electron chi connectivity index (χ3n) is 4.22. The molecule has 7 nitrogen and oxygen atoms in total. The molecule has 0 aliphatic carbocycles. The second-order valence-electron chi connectivity index (χ2n) is 5.83. The van der Waals surface area contributed by atoms with Crippen LogP contribution in [0.3, 0.4) is 0 Å². The van der Waals surface area contributed by atoms with Crippen LogP contribution in [0.5, 0.6) is 0 Å². The van der Waals surface area contributed by atoms with Crippen molar-refractivity contribution in [3.8, 4) is 0 Å². The van der Waals surface area contributed by atoms with Gasteiger partial charge in [-0.25, -0.2) is 18.2 Å². The van der Waals surface area contributed by atoms with Crippen LogP contribution >= 0.6 is 0 Å². The largest absolute Gasteiger partial charge is 0.480 e. The number of nitrogens with one attached hydrogen (secondary N) is 1. The summed E-state index contributed by atoms with van der Waals surface area (Å²) in [5.74, 6) is -0.819.